The fraction of sp³-hybridized carbons (Fsp3) is 1.00. The van der Waals surface area contributed by atoms with E-state index in [1.165, 1.54) is 32.5 Å². The summed E-state index contributed by atoms with van der Waals surface area (Å²) in [6.45, 7) is 5.79. The van der Waals surface area contributed by atoms with Gasteiger partial charge in [-0.05, 0) is 51.7 Å². The Hall–Kier alpha value is -0.0800. The summed E-state index contributed by atoms with van der Waals surface area (Å²) >= 11 is 0. The van der Waals surface area contributed by atoms with Crippen molar-refractivity contribution in [1.29, 1.82) is 0 Å². The van der Waals surface area contributed by atoms with Crippen LogP contribution in [-0.4, -0.2) is 35.7 Å². The monoisotopic (exact) mass is 171 g/mol. The van der Waals surface area contributed by atoms with Crippen LogP contribution in [0.2, 0.25) is 0 Å². The summed E-state index contributed by atoms with van der Waals surface area (Å²) in [7, 11) is 0. The van der Waals surface area contributed by atoms with E-state index in [1.807, 2.05) is 6.92 Å². The SMILES string of the molecule is CCC(O)CCCN1CCCC1. The molecule has 72 valence electrons. The normalized spacial score (nSPS) is 21.5. The van der Waals surface area contributed by atoms with Crippen molar-refractivity contribution in [2.24, 2.45) is 0 Å². The second-order valence-electron chi connectivity index (χ2n) is 3.75. The quantitative estimate of drug-likeness (QED) is 0.679. The van der Waals surface area contributed by atoms with Gasteiger partial charge >= 0.3 is 0 Å². The highest BCUT2D eigenvalue weighted by molar-refractivity contribution is 4.66. The van der Waals surface area contributed by atoms with Crippen molar-refractivity contribution >= 4 is 0 Å². The topological polar surface area (TPSA) is 23.5 Å². The Morgan fingerprint density at radius 3 is 2.58 bits per heavy atom. The number of hydrogen-bond acceptors (Lipinski definition) is 2. The van der Waals surface area contributed by atoms with Crippen molar-refractivity contribution in [1.82, 2.24) is 4.90 Å². The number of rotatable bonds is 5. The fourth-order valence-corrected chi connectivity index (χ4v) is 1.76. The summed E-state index contributed by atoms with van der Waals surface area (Å²) in [4.78, 5) is 2.50. The lowest BCUT2D eigenvalue weighted by Crippen LogP contribution is -2.21. The first-order valence-electron chi connectivity index (χ1n) is 5.23. The van der Waals surface area contributed by atoms with Gasteiger partial charge in [0.25, 0.3) is 0 Å². The molecule has 0 aliphatic carbocycles. The predicted octanol–water partition coefficient (Wildman–Crippen LogP) is 1.63. The van der Waals surface area contributed by atoms with Gasteiger partial charge in [0.2, 0.25) is 0 Å². The Balaban J connectivity index is 1.94. The maximum atomic E-state index is 9.31. The molecule has 2 heteroatoms. The third-order valence-electron chi connectivity index (χ3n) is 2.68. The van der Waals surface area contributed by atoms with E-state index in [9.17, 15) is 5.11 Å². The minimum Gasteiger partial charge on any atom is -0.393 e. The van der Waals surface area contributed by atoms with Gasteiger partial charge in [-0.15, -0.1) is 0 Å². The van der Waals surface area contributed by atoms with E-state index in [-0.39, 0.29) is 6.10 Å². The maximum Gasteiger partial charge on any atom is 0.0538 e. The molecule has 0 saturated carbocycles. The molecule has 2 nitrogen and oxygen atoms in total. The zero-order valence-corrected chi connectivity index (χ0v) is 8.13. The van der Waals surface area contributed by atoms with Crippen LogP contribution in [0, 0.1) is 0 Å². The molecule has 1 fully saturated rings. The molecule has 1 saturated heterocycles. The molecule has 0 bridgehead atoms. The first kappa shape index (κ1) is 10.0. The van der Waals surface area contributed by atoms with E-state index in [0.29, 0.717) is 0 Å². The molecule has 1 N–H and O–H groups in total. The van der Waals surface area contributed by atoms with Crippen LogP contribution in [0.5, 0.6) is 0 Å². The van der Waals surface area contributed by atoms with Gasteiger partial charge in [-0.3, -0.25) is 0 Å². The Bertz CT molecular complexity index is 110. The van der Waals surface area contributed by atoms with Crippen molar-refractivity contribution in [3.05, 3.63) is 0 Å². The lowest BCUT2D eigenvalue weighted by molar-refractivity contribution is 0.152. The molecule has 0 aromatic rings. The molecule has 0 radical (unpaired) electrons. The Kier molecular flexibility index (Phi) is 4.62. The zero-order valence-electron chi connectivity index (χ0n) is 8.13. The molecule has 1 atom stereocenters. The molecule has 0 spiro atoms. The Labute approximate surface area is 75.6 Å². The number of likely N-dealkylation sites (tertiary alicyclic amines) is 1. The van der Waals surface area contributed by atoms with Gasteiger partial charge in [0.05, 0.1) is 6.10 Å². The lowest BCUT2D eigenvalue weighted by atomic mass is 10.1. The first-order chi connectivity index (χ1) is 5.83. The minimum atomic E-state index is -0.0624. The largest absolute Gasteiger partial charge is 0.393 e. The lowest BCUT2D eigenvalue weighted by Gasteiger charge is -2.15. The van der Waals surface area contributed by atoms with Crippen molar-refractivity contribution in [2.75, 3.05) is 19.6 Å². The van der Waals surface area contributed by atoms with E-state index in [2.05, 4.69) is 4.90 Å². The number of nitrogens with zero attached hydrogens (tertiary/aromatic N) is 1. The van der Waals surface area contributed by atoms with Crippen LogP contribution >= 0.6 is 0 Å². The molecule has 1 aliphatic heterocycles. The molecular weight excluding hydrogens is 150 g/mol. The van der Waals surface area contributed by atoms with Crippen LogP contribution < -0.4 is 0 Å². The van der Waals surface area contributed by atoms with Crippen molar-refractivity contribution in [3.63, 3.8) is 0 Å². The maximum absolute atomic E-state index is 9.31. The van der Waals surface area contributed by atoms with E-state index >= 15 is 0 Å². The second-order valence-corrected chi connectivity index (χ2v) is 3.75. The molecular formula is C10H21NO. The summed E-state index contributed by atoms with van der Waals surface area (Å²) in [6.07, 6.45) is 5.72. The zero-order chi connectivity index (χ0) is 8.81. The minimum absolute atomic E-state index is 0.0624. The van der Waals surface area contributed by atoms with Gasteiger partial charge in [-0.25, -0.2) is 0 Å². The highest BCUT2D eigenvalue weighted by Crippen LogP contribution is 2.09. The van der Waals surface area contributed by atoms with E-state index in [1.54, 1.807) is 0 Å². The molecule has 0 aromatic heterocycles. The Morgan fingerprint density at radius 1 is 1.33 bits per heavy atom. The average molecular weight is 171 g/mol. The average Bonchev–Trinajstić information content (AvgIpc) is 2.57. The Morgan fingerprint density at radius 2 is 2.00 bits per heavy atom. The van der Waals surface area contributed by atoms with Crippen LogP contribution in [-0.2, 0) is 0 Å². The summed E-state index contributed by atoms with van der Waals surface area (Å²) < 4.78 is 0. The van der Waals surface area contributed by atoms with Gasteiger partial charge in [-0.2, -0.15) is 0 Å². The van der Waals surface area contributed by atoms with Crippen LogP contribution in [0.25, 0.3) is 0 Å². The molecule has 0 aromatic carbocycles. The van der Waals surface area contributed by atoms with Gasteiger partial charge in [0, 0.05) is 0 Å². The molecule has 1 rings (SSSR count). The van der Waals surface area contributed by atoms with Crippen molar-refractivity contribution < 1.29 is 5.11 Å². The summed E-state index contributed by atoms with van der Waals surface area (Å²) in [5, 5.41) is 9.31. The van der Waals surface area contributed by atoms with Crippen LogP contribution in [0.15, 0.2) is 0 Å². The highest BCUT2D eigenvalue weighted by atomic mass is 16.3. The highest BCUT2D eigenvalue weighted by Gasteiger charge is 2.10. The third-order valence-corrected chi connectivity index (χ3v) is 2.68. The van der Waals surface area contributed by atoms with E-state index in [0.717, 1.165) is 19.3 Å². The molecule has 1 aliphatic rings. The number of aliphatic hydroxyl groups excluding tert-OH is 1. The summed E-state index contributed by atoms with van der Waals surface area (Å²) in [6, 6.07) is 0. The predicted molar refractivity (Wildman–Crippen MR) is 51.2 cm³/mol. The third kappa shape index (κ3) is 3.55. The van der Waals surface area contributed by atoms with Gasteiger partial charge in [0.15, 0.2) is 0 Å². The number of aliphatic hydroxyl groups is 1. The number of hydrogen-bond donors (Lipinski definition) is 1. The van der Waals surface area contributed by atoms with Gasteiger partial charge in [0.1, 0.15) is 0 Å². The summed E-state index contributed by atoms with van der Waals surface area (Å²) in [5.41, 5.74) is 0. The van der Waals surface area contributed by atoms with Crippen LogP contribution in [0.1, 0.15) is 39.0 Å². The van der Waals surface area contributed by atoms with E-state index in [4.69, 9.17) is 0 Å². The van der Waals surface area contributed by atoms with E-state index < -0.39 is 0 Å². The smallest absolute Gasteiger partial charge is 0.0538 e. The molecule has 1 heterocycles. The first-order valence-corrected chi connectivity index (χ1v) is 5.23. The van der Waals surface area contributed by atoms with Crippen LogP contribution in [0.3, 0.4) is 0 Å². The molecule has 12 heavy (non-hydrogen) atoms. The molecule has 0 amide bonds. The van der Waals surface area contributed by atoms with Gasteiger partial charge in [-0.1, -0.05) is 6.92 Å². The van der Waals surface area contributed by atoms with Crippen molar-refractivity contribution in [2.45, 2.75) is 45.1 Å². The fourth-order valence-electron chi connectivity index (χ4n) is 1.76. The second kappa shape index (κ2) is 5.55. The van der Waals surface area contributed by atoms with Gasteiger partial charge < -0.3 is 10.0 Å². The van der Waals surface area contributed by atoms with Crippen molar-refractivity contribution in [3.8, 4) is 0 Å². The van der Waals surface area contributed by atoms with Crippen LogP contribution in [0.4, 0.5) is 0 Å². The summed E-state index contributed by atoms with van der Waals surface area (Å²) in [5.74, 6) is 0. The molecule has 1 unspecified atom stereocenters. The standard InChI is InChI=1S/C10H21NO/c1-2-10(12)6-5-9-11-7-3-4-8-11/h10,12H,2-9H2,1H3.